The molecule has 0 atom stereocenters. The van der Waals surface area contributed by atoms with Crippen LogP contribution >= 0.6 is 0 Å². The van der Waals surface area contributed by atoms with Gasteiger partial charge in [0.2, 0.25) is 0 Å². The van der Waals surface area contributed by atoms with Crippen molar-refractivity contribution in [1.82, 2.24) is 9.97 Å². The van der Waals surface area contributed by atoms with E-state index >= 15 is 0 Å². The van der Waals surface area contributed by atoms with E-state index in [1.54, 1.807) is 31.2 Å². The summed E-state index contributed by atoms with van der Waals surface area (Å²) in [4.78, 5) is 25.6. The molecular formula is C14H14N5O4Y-. The third-order valence-corrected chi connectivity index (χ3v) is 2.99. The molecule has 123 valence electrons. The SMILES string of the molecule is Cc1ccc([N+](=O)[O-])c([NH-])c1.O=c1[nH]c2ccc(NO)cc2[nH]1.[Y]. The smallest absolute Gasteiger partial charge is 0.323 e. The minimum atomic E-state index is -0.554. The Morgan fingerprint density at radius 1 is 1.17 bits per heavy atom. The fourth-order valence-corrected chi connectivity index (χ4v) is 1.91. The van der Waals surface area contributed by atoms with Crippen LogP contribution in [0.5, 0.6) is 0 Å². The first-order valence-electron chi connectivity index (χ1n) is 6.49. The third kappa shape index (κ3) is 4.88. The van der Waals surface area contributed by atoms with E-state index in [2.05, 4.69) is 9.97 Å². The predicted octanol–water partition coefficient (Wildman–Crippen LogP) is 3.24. The first-order valence-corrected chi connectivity index (χ1v) is 6.49. The fourth-order valence-electron chi connectivity index (χ4n) is 1.91. The minimum absolute atomic E-state index is 0. The molecule has 0 amide bonds. The van der Waals surface area contributed by atoms with Crippen LogP contribution in [0, 0.1) is 17.0 Å². The maximum atomic E-state index is 10.8. The second-order valence-corrected chi connectivity index (χ2v) is 4.73. The van der Waals surface area contributed by atoms with Gasteiger partial charge >= 0.3 is 5.69 Å². The second kappa shape index (κ2) is 8.58. The summed E-state index contributed by atoms with van der Waals surface area (Å²) in [5.41, 5.74) is 11.6. The molecule has 3 rings (SSSR count). The molecule has 0 aliphatic heterocycles. The van der Waals surface area contributed by atoms with Crippen LogP contribution in [-0.4, -0.2) is 20.1 Å². The minimum Gasteiger partial charge on any atom is -0.693 e. The Morgan fingerprint density at radius 3 is 2.42 bits per heavy atom. The molecule has 1 aromatic heterocycles. The van der Waals surface area contributed by atoms with Gasteiger partial charge in [0.25, 0.3) is 5.69 Å². The molecule has 3 aromatic rings. The summed E-state index contributed by atoms with van der Waals surface area (Å²) < 4.78 is 0. The molecule has 9 nitrogen and oxygen atoms in total. The molecule has 1 heterocycles. The van der Waals surface area contributed by atoms with Gasteiger partial charge in [0.05, 0.1) is 21.6 Å². The molecule has 0 aliphatic rings. The number of H-pyrrole nitrogens is 2. The number of fused-ring (bicyclic) bond motifs is 1. The van der Waals surface area contributed by atoms with Crippen molar-refractivity contribution in [2.24, 2.45) is 0 Å². The van der Waals surface area contributed by atoms with Gasteiger partial charge in [-0.1, -0.05) is 23.4 Å². The maximum absolute atomic E-state index is 10.8. The molecule has 0 bridgehead atoms. The van der Waals surface area contributed by atoms with Crippen molar-refractivity contribution in [1.29, 1.82) is 0 Å². The summed E-state index contributed by atoms with van der Waals surface area (Å²) in [6.07, 6.45) is 0. The number of anilines is 1. The number of aromatic amines is 2. The van der Waals surface area contributed by atoms with Crippen LogP contribution in [0.1, 0.15) is 5.56 Å². The normalized spacial score (nSPS) is 9.58. The molecule has 0 saturated carbocycles. The zero-order valence-corrected chi connectivity index (χ0v) is 15.5. The number of rotatable bonds is 2. The molecule has 1 radical (unpaired) electrons. The van der Waals surface area contributed by atoms with Gasteiger partial charge < -0.3 is 15.7 Å². The molecule has 2 aromatic carbocycles. The van der Waals surface area contributed by atoms with Crippen LogP contribution in [0.25, 0.3) is 16.8 Å². The Bertz CT molecular complexity index is 906. The van der Waals surface area contributed by atoms with Crippen molar-refractivity contribution in [2.45, 2.75) is 6.92 Å². The van der Waals surface area contributed by atoms with E-state index < -0.39 is 4.92 Å². The first-order chi connectivity index (χ1) is 10.9. The van der Waals surface area contributed by atoms with Gasteiger partial charge in [-0.05, 0) is 25.1 Å². The van der Waals surface area contributed by atoms with Crippen molar-refractivity contribution < 1.29 is 42.8 Å². The second-order valence-electron chi connectivity index (χ2n) is 4.73. The number of hydrogen-bond donors (Lipinski definition) is 4. The summed E-state index contributed by atoms with van der Waals surface area (Å²) in [7, 11) is 0. The molecule has 24 heavy (non-hydrogen) atoms. The van der Waals surface area contributed by atoms with Crippen molar-refractivity contribution in [3.05, 3.63) is 68.3 Å². The van der Waals surface area contributed by atoms with Gasteiger partial charge in [0, 0.05) is 38.8 Å². The molecular weight excluding hydrogens is 391 g/mol. The van der Waals surface area contributed by atoms with Crippen molar-refractivity contribution in [3.63, 3.8) is 0 Å². The van der Waals surface area contributed by atoms with Gasteiger partial charge in [0.1, 0.15) is 0 Å². The van der Waals surface area contributed by atoms with E-state index in [9.17, 15) is 14.9 Å². The summed E-state index contributed by atoms with van der Waals surface area (Å²) in [6, 6.07) is 9.43. The summed E-state index contributed by atoms with van der Waals surface area (Å²) in [5.74, 6) is 0. The van der Waals surface area contributed by atoms with E-state index in [4.69, 9.17) is 10.9 Å². The number of nitrogens with one attached hydrogen (secondary N) is 4. The van der Waals surface area contributed by atoms with E-state index in [-0.39, 0.29) is 49.8 Å². The molecule has 0 spiro atoms. The first kappa shape index (κ1) is 19.8. The van der Waals surface area contributed by atoms with Gasteiger partial charge in [-0.15, -0.1) is 0 Å². The number of imidazole rings is 1. The average Bonchev–Trinajstić information content (AvgIpc) is 2.86. The van der Waals surface area contributed by atoms with Crippen LogP contribution in [0.3, 0.4) is 0 Å². The molecule has 0 saturated heterocycles. The van der Waals surface area contributed by atoms with Gasteiger partial charge in [-0.25, -0.2) is 4.79 Å². The molecule has 0 aliphatic carbocycles. The van der Waals surface area contributed by atoms with Gasteiger partial charge in [-0.2, -0.15) is 0 Å². The van der Waals surface area contributed by atoms with Gasteiger partial charge in [0.15, 0.2) is 0 Å². The largest absolute Gasteiger partial charge is 0.693 e. The predicted molar refractivity (Wildman–Crippen MR) is 86.1 cm³/mol. The van der Waals surface area contributed by atoms with Crippen molar-refractivity contribution >= 4 is 28.1 Å². The number of aryl methyl sites for hydroxylation is 1. The van der Waals surface area contributed by atoms with Crippen molar-refractivity contribution in [3.8, 4) is 0 Å². The number of aromatic nitrogens is 2. The van der Waals surface area contributed by atoms with Crippen molar-refractivity contribution in [2.75, 3.05) is 5.48 Å². The summed E-state index contributed by atoms with van der Waals surface area (Å²) in [6.45, 7) is 1.79. The number of nitrogens with zero attached hydrogens (tertiary/aromatic N) is 1. The van der Waals surface area contributed by atoms with E-state index in [0.29, 0.717) is 11.2 Å². The third-order valence-electron chi connectivity index (χ3n) is 2.99. The number of benzene rings is 2. The Balaban J connectivity index is 0.000000232. The van der Waals surface area contributed by atoms with E-state index in [1.807, 2.05) is 5.48 Å². The quantitative estimate of drug-likeness (QED) is 0.382. The molecule has 0 fully saturated rings. The van der Waals surface area contributed by atoms with Crippen LogP contribution in [0.15, 0.2) is 41.2 Å². The molecule has 5 N–H and O–H groups in total. The van der Waals surface area contributed by atoms with E-state index in [0.717, 1.165) is 11.1 Å². The van der Waals surface area contributed by atoms with Gasteiger partial charge in [-0.3, -0.25) is 20.8 Å². The van der Waals surface area contributed by atoms with Crippen LogP contribution in [-0.2, 0) is 32.7 Å². The van der Waals surface area contributed by atoms with E-state index in [1.165, 1.54) is 12.1 Å². The summed E-state index contributed by atoms with van der Waals surface area (Å²) in [5, 5.41) is 18.8. The Kier molecular flexibility index (Phi) is 7.08. The Hall–Kier alpha value is -2.23. The Morgan fingerprint density at radius 2 is 1.83 bits per heavy atom. The average molecular weight is 405 g/mol. The zero-order chi connectivity index (χ0) is 17.0. The number of hydrogen-bond acceptors (Lipinski definition) is 5. The topological polar surface area (TPSA) is 148 Å². The van der Waals surface area contributed by atoms with Crippen LogP contribution in [0.2, 0.25) is 0 Å². The maximum Gasteiger partial charge on any atom is 0.323 e. The number of nitro benzene ring substituents is 1. The zero-order valence-electron chi connectivity index (χ0n) is 12.7. The van der Waals surface area contributed by atoms with Crippen LogP contribution < -0.4 is 11.2 Å². The standard InChI is InChI=1S/C7H7N3O2.C7H7N2O2.Y/c11-7-8-5-2-1-4(10-12)3-6(5)9-7;1-5-2-3-7(9(10)11)6(8)4-5;/h1-3,10,12H,(H2,8,9,11);2-4,8H,1H3;/q;-1;. The monoisotopic (exact) mass is 405 g/mol. The Labute approximate surface area is 161 Å². The summed E-state index contributed by atoms with van der Waals surface area (Å²) >= 11 is 0. The molecule has 10 heteroatoms. The molecule has 0 unspecified atom stereocenters. The fraction of sp³-hybridized carbons (Fsp3) is 0.0714. The van der Waals surface area contributed by atoms with Crippen LogP contribution in [0.4, 0.5) is 17.1 Å². The number of nitro groups is 1.